The van der Waals surface area contributed by atoms with E-state index in [9.17, 15) is 28.5 Å². The number of nitrogens with one attached hydrogen (secondary N) is 1. The molecule has 3 aromatic rings. The average molecular weight is 450 g/mol. The molecule has 32 heavy (non-hydrogen) atoms. The smallest absolute Gasteiger partial charge is 0.393 e. The Labute approximate surface area is 180 Å². The molecule has 5 rings (SSSR count). The number of aliphatic hydroxyl groups is 3. The van der Waals surface area contributed by atoms with Gasteiger partial charge in [0.2, 0.25) is 5.95 Å². The van der Waals surface area contributed by atoms with Crippen molar-refractivity contribution in [1.82, 2.24) is 19.7 Å². The highest BCUT2D eigenvalue weighted by molar-refractivity contribution is 5.89. The molecule has 2 aromatic heterocycles. The van der Waals surface area contributed by atoms with Crippen LogP contribution in [0.15, 0.2) is 30.5 Å². The quantitative estimate of drug-likeness (QED) is 0.470. The molecule has 1 aliphatic carbocycles. The number of β-amino-alcohol motifs (C(OH)–C–C–N with tert-alkyl or cyclic N) is 2. The van der Waals surface area contributed by atoms with E-state index >= 15 is 0 Å². The lowest BCUT2D eigenvalue weighted by molar-refractivity contribution is -0.137. The Balaban J connectivity index is 1.60. The maximum absolute atomic E-state index is 13.2. The van der Waals surface area contributed by atoms with Gasteiger partial charge in [-0.2, -0.15) is 28.2 Å². The zero-order chi connectivity index (χ0) is 22.6. The Morgan fingerprint density at radius 2 is 1.75 bits per heavy atom. The number of nitrogens with zero attached hydrogens (tertiary/aromatic N) is 5. The summed E-state index contributed by atoms with van der Waals surface area (Å²) in [7, 11) is 0. The molecule has 0 unspecified atom stereocenters. The molecule has 4 N–H and O–H groups in total. The maximum atomic E-state index is 13.2. The Bertz CT molecular complexity index is 1140. The summed E-state index contributed by atoms with van der Waals surface area (Å²) in [4.78, 5) is 10.7. The lowest BCUT2D eigenvalue weighted by Crippen LogP contribution is -2.39. The van der Waals surface area contributed by atoms with Crippen molar-refractivity contribution in [3.8, 4) is 5.69 Å². The average Bonchev–Trinajstić information content (AvgIpc) is 3.29. The van der Waals surface area contributed by atoms with E-state index in [1.165, 1.54) is 23.0 Å². The van der Waals surface area contributed by atoms with E-state index in [0.29, 0.717) is 24.0 Å². The fourth-order valence-corrected chi connectivity index (χ4v) is 4.03. The van der Waals surface area contributed by atoms with Crippen LogP contribution < -0.4 is 10.2 Å². The third-order valence-electron chi connectivity index (χ3n) is 5.83. The zero-order valence-electron chi connectivity index (χ0n) is 16.7. The second kappa shape index (κ2) is 7.57. The highest BCUT2D eigenvalue weighted by atomic mass is 19.4. The normalized spacial score (nSPS) is 25.9. The zero-order valence-corrected chi connectivity index (χ0v) is 16.7. The molecule has 0 bridgehead atoms. The number of benzene rings is 1. The summed E-state index contributed by atoms with van der Waals surface area (Å²) in [5, 5.41) is 37.4. The van der Waals surface area contributed by atoms with E-state index in [1.54, 1.807) is 4.90 Å². The summed E-state index contributed by atoms with van der Waals surface area (Å²) >= 11 is 0. The predicted molar refractivity (Wildman–Crippen MR) is 109 cm³/mol. The van der Waals surface area contributed by atoms with E-state index < -0.39 is 30.1 Å². The molecule has 0 spiro atoms. The van der Waals surface area contributed by atoms with Crippen molar-refractivity contribution in [2.75, 3.05) is 23.3 Å². The van der Waals surface area contributed by atoms with Crippen molar-refractivity contribution in [3.05, 3.63) is 36.0 Å². The van der Waals surface area contributed by atoms with Crippen molar-refractivity contribution >= 4 is 22.8 Å². The van der Waals surface area contributed by atoms with Crippen molar-refractivity contribution in [2.45, 2.75) is 43.4 Å². The Morgan fingerprint density at radius 1 is 1.03 bits per heavy atom. The molecule has 170 valence electrons. The molecule has 1 aliphatic heterocycles. The summed E-state index contributed by atoms with van der Waals surface area (Å²) in [5.41, 5.74) is -0.334. The van der Waals surface area contributed by atoms with Crippen molar-refractivity contribution in [2.24, 2.45) is 0 Å². The molecule has 0 amide bonds. The lowest BCUT2D eigenvalue weighted by Gasteiger charge is -2.32. The number of aliphatic hydroxyl groups excluding tert-OH is 3. The molecule has 2 fully saturated rings. The monoisotopic (exact) mass is 450 g/mol. The number of anilines is 2. The van der Waals surface area contributed by atoms with Crippen LogP contribution in [-0.4, -0.2) is 72.5 Å². The van der Waals surface area contributed by atoms with Gasteiger partial charge >= 0.3 is 6.18 Å². The summed E-state index contributed by atoms with van der Waals surface area (Å²) in [6, 6.07) is 4.75. The number of hydrogen-bond acceptors (Lipinski definition) is 8. The van der Waals surface area contributed by atoms with Crippen LogP contribution in [0.4, 0.5) is 24.9 Å². The molecule has 2 aliphatic rings. The highest BCUT2D eigenvalue weighted by Crippen LogP contribution is 2.33. The first-order valence-electron chi connectivity index (χ1n) is 10.2. The lowest BCUT2D eigenvalue weighted by atomic mass is 9.90. The molecule has 1 saturated carbocycles. The SMILES string of the molecule is O[C@@H]1CN(c2nc(N[C@H]3C[C@@H](O)C3)nc3c2cnn3-c2cccc(C(F)(F)F)c2)C[C@H]1O. The second-order valence-electron chi connectivity index (χ2n) is 8.22. The summed E-state index contributed by atoms with van der Waals surface area (Å²) in [6.07, 6.45) is -4.27. The Morgan fingerprint density at radius 3 is 2.41 bits per heavy atom. The molecular weight excluding hydrogens is 429 g/mol. The standard InChI is InChI=1S/C20H21F3N6O3/c21-20(22,23)10-2-1-3-12(4-10)29-18-14(7-24-29)17(28-8-15(31)16(32)9-28)26-19(27-18)25-11-5-13(30)6-11/h1-4,7,11,13,15-16,30-32H,5-6,8-9H2,(H,25,26,27)/t11-,13+,15-,16-/m1/s1. The van der Waals surface area contributed by atoms with Crippen molar-refractivity contribution < 1.29 is 28.5 Å². The van der Waals surface area contributed by atoms with Gasteiger partial charge in [0.25, 0.3) is 0 Å². The van der Waals surface area contributed by atoms with E-state index in [1.807, 2.05) is 0 Å². The van der Waals surface area contributed by atoms with Crippen LogP contribution >= 0.6 is 0 Å². The minimum Gasteiger partial charge on any atom is -0.393 e. The highest BCUT2D eigenvalue weighted by Gasteiger charge is 2.34. The number of hydrogen-bond donors (Lipinski definition) is 4. The van der Waals surface area contributed by atoms with Crippen LogP contribution in [0.5, 0.6) is 0 Å². The van der Waals surface area contributed by atoms with Gasteiger partial charge in [-0.25, -0.2) is 4.68 Å². The van der Waals surface area contributed by atoms with E-state index in [0.717, 1.165) is 12.1 Å². The van der Waals surface area contributed by atoms with Gasteiger partial charge in [-0.3, -0.25) is 0 Å². The van der Waals surface area contributed by atoms with Gasteiger partial charge in [0.15, 0.2) is 5.65 Å². The molecule has 9 nitrogen and oxygen atoms in total. The first-order valence-corrected chi connectivity index (χ1v) is 10.2. The van der Waals surface area contributed by atoms with E-state index in [2.05, 4.69) is 20.4 Å². The third-order valence-corrected chi connectivity index (χ3v) is 5.83. The molecule has 1 aromatic carbocycles. The van der Waals surface area contributed by atoms with Gasteiger partial charge in [0.05, 0.1) is 41.1 Å². The Hall–Kier alpha value is -2.96. The van der Waals surface area contributed by atoms with Crippen molar-refractivity contribution in [3.63, 3.8) is 0 Å². The number of aromatic nitrogens is 4. The molecule has 1 saturated heterocycles. The molecule has 0 radical (unpaired) electrons. The minimum atomic E-state index is -4.50. The van der Waals surface area contributed by atoms with Gasteiger partial charge in [0, 0.05) is 19.1 Å². The molecule has 12 heteroatoms. The topological polar surface area (TPSA) is 120 Å². The van der Waals surface area contributed by atoms with Crippen LogP contribution in [-0.2, 0) is 6.18 Å². The van der Waals surface area contributed by atoms with Crippen LogP contribution in [0.1, 0.15) is 18.4 Å². The van der Waals surface area contributed by atoms with Gasteiger partial charge in [-0.05, 0) is 31.0 Å². The number of alkyl halides is 3. The van der Waals surface area contributed by atoms with E-state index in [4.69, 9.17) is 0 Å². The third kappa shape index (κ3) is 3.74. The summed E-state index contributed by atoms with van der Waals surface area (Å²) in [6.45, 7) is 0.285. The number of rotatable bonds is 4. The molecule has 2 atom stereocenters. The van der Waals surface area contributed by atoms with Gasteiger partial charge in [-0.1, -0.05) is 6.07 Å². The first-order chi connectivity index (χ1) is 15.2. The fraction of sp³-hybridized carbons (Fsp3) is 0.450. The second-order valence-corrected chi connectivity index (χ2v) is 8.22. The maximum Gasteiger partial charge on any atom is 0.416 e. The predicted octanol–water partition coefficient (Wildman–Crippen LogP) is 1.31. The van der Waals surface area contributed by atoms with Gasteiger partial charge in [0.1, 0.15) is 5.82 Å². The van der Waals surface area contributed by atoms with Crippen LogP contribution in [0, 0.1) is 0 Å². The van der Waals surface area contributed by atoms with Gasteiger partial charge in [-0.15, -0.1) is 0 Å². The van der Waals surface area contributed by atoms with Crippen LogP contribution in [0.25, 0.3) is 16.7 Å². The summed E-state index contributed by atoms with van der Waals surface area (Å²) in [5.74, 6) is 0.639. The number of halogens is 3. The van der Waals surface area contributed by atoms with E-state index in [-0.39, 0.29) is 36.4 Å². The molecular formula is C20H21F3N6O3. The van der Waals surface area contributed by atoms with Crippen molar-refractivity contribution in [1.29, 1.82) is 0 Å². The first kappa shape index (κ1) is 20.9. The fourth-order valence-electron chi connectivity index (χ4n) is 4.03. The number of fused-ring (bicyclic) bond motifs is 1. The Kier molecular flexibility index (Phi) is 4.95. The largest absolute Gasteiger partial charge is 0.416 e. The van der Waals surface area contributed by atoms with Gasteiger partial charge < -0.3 is 25.5 Å². The summed E-state index contributed by atoms with van der Waals surface area (Å²) < 4.78 is 40.9. The van der Waals surface area contributed by atoms with Crippen LogP contribution in [0.3, 0.4) is 0 Å². The minimum absolute atomic E-state index is 0.0324. The van der Waals surface area contributed by atoms with Crippen LogP contribution in [0.2, 0.25) is 0 Å². The molecule has 3 heterocycles.